The van der Waals surface area contributed by atoms with Crippen LogP contribution in [0.4, 0.5) is 0 Å². The highest BCUT2D eigenvalue weighted by molar-refractivity contribution is 9.10. The van der Waals surface area contributed by atoms with E-state index in [1.165, 1.54) is 0 Å². The van der Waals surface area contributed by atoms with Crippen molar-refractivity contribution in [2.45, 2.75) is 19.4 Å². The number of halogens is 1. The van der Waals surface area contributed by atoms with Gasteiger partial charge in [0.1, 0.15) is 11.3 Å². The lowest BCUT2D eigenvalue weighted by molar-refractivity contribution is 0.497. The highest BCUT2D eigenvalue weighted by Crippen LogP contribution is 2.27. The van der Waals surface area contributed by atoms with Gasteiger partial charge < -0.3 is 9.73 Å². The first kappa shape index (κ1) is 10.7. The third-order valence-electron chi connectivity index (χ3n) is 2.56. The van der Waals surface area contributed by atoms with Gasteiger partial charge in [-0.2, -0.15) is 0 Å². The number of rotatable bonds is 3. The molecule has 80 valence electrons. The molecule has 1 unspecified atom stereocenters. The standard InChI is InChI=1S/C12H14BrNO/c1-8(14-2)6-9-7-10-11(13)4-3-5-12(10)15-9/h3-5,7-8,14H,6H2,1-2H3. The Morgan fingerprint density at radius 2 is 2.27 bits per heavy atom. The fraction of sp³-hybridized carbons (Fsp3) is 0.333. The van der Waals surface area contributed by atoms with Crippen LogP contribution in [0.1, 0.15) is 12.7 Å². The quantitative estimate of drug-likeness (QED) is 0.923. The first-order valence-electron chi connectivity index (χ1n) is 5.05. The van der Waals surface area contributed by atoms with Gasteiger partial charge in [-0.25, -0.2) is 0 Å². The smallest absolute Gasteiger partial charge is 0.135 e. The van der Waals surface area contributed by atoms with Crippen molar-refractivity contribution in [2.75, 3.05) is 7.05 Å². The molecule has 0 saturated heterocycles. The summed E-state index contributed by atoms with van der Waals surface area (Å²) < 4.78 is 6.84. The summed E-state index contributed by atoms with van der Waals surface area (Å²) in [6.07, 6.45) is 0.914. The Morgan fingerprint density at radius 3 is 2.93 bits per heavy atom. The lowest BCUT2D eigenvalue weighted by atomic mass is 10.2. The van der Waals surface area contributed by atoms with Crippen LogP contribution in [0.5, 0.6) is 0 Å². The summed E-state index contributed by atoms with van der Waals surface area (Å²) >= 11 is 3.52. The lowest BCUT2D eigenvalue weighted by Gasteiger charge is -2.06. The molecular weight excluding hydrogens is 254 g/mol. The Hall–Kier alpha value is -0.800. The second kappa shape index (κ2) is 4.37. The number of nitrogens with one attached hydrogen (secondary N) is 1. The summed E-state index contributed by atoms with van der Waals surface area (Å²) in [5.41, 5.74) is 0.947. The summed E-state index contributed by atoms with van der Waals surface area (Å²) in [6, 6.07) is 8.55. The van der Waals surface area contributed by atoms with Crippen LogP contribution in [0.25, 0.3) is 11.0 Å². The molecule has 2 rings (SSSR count). The topological polar surface area (TPSA) is 25.2 Å². The van der Waals surface area contributed by atoms with E-state index in [1.54, 1.807) is 0 Å². The van der Waals surface area contributed by atoms with Crippen molar-refractivity contribution < 1.29 is 4.42 Å². The highest BCUT2D eigenvalue weighted by atomic mass is 79.9. The maximum Gasteiger partial charge on any atom is 0.135 e. The Kier molecular flexibility index (Phi) is 3.12. The van der Waals surface area contributed by atoms with Crippen LogP contribution < -0.4 is 5.32 Å². The zero-order chi connectivity index (χ0) is 10.8. The van der Waals surface area contributed by atoms with E-state index >= 15 is 0 Å². The molecule has 3 heteroatoms. The average Bonchev–Trinajstić information content (AvgIpc) is 2.62. The van der Waals surface area contributed by atoms with E-state index in [1.807, 2.05) is 25.2 Å². The molecule has 0 amide bonds. The van der Waals surface area contributed by atoms with Crippen LogP contribution in [-0.4, -0.2) is 13.1 Å². The van der Waals surface area contributed by atoms with E-state index in [4.69, 9.17) is 4.42 Å². The molecule has 2 aromatic rings. The molecule has 0 saturated carbocycles. The number of furan rings is 1. The van der Waals surface area contributed by atoms with Gasteiger partial charge in [0.05, 0.1) is 0 Å². The molecule has 2 nitrogen and oxygen atoms in total. The monoisotopic (exact) mass is 267 g/mol. The van der Waals surface area contributed by atoms with Crippen LogP contribution in [0.3, 0.4) is 0 Å². The van der Waals surface area contributed by atoms with Crippen LogP contribution in [0.2, 0.25) is 0 Å². The van der Waals surface area contributed by atoms with E-state index in [0.717, 1.165) is 27.6 Å². The molecule has 0 bridgehead atoms. The normalized spacial score (nSPS) is 13.3. The minimum atomic E-state index is 0.435. The van der Waals surface area contributed by atoms with Crippen LogP contribution >= 0.6 is 15.9 Å². The highest BCUT2D eigenvalue weighted by Gasteiger charge is 2.08. The molecule has 1 heterocycles. The molecule has 1 aromatic heterocycles. The Labute approximate surface area is 97.8 Å². The van der Waals surface area contributed by atoms with Gasteiger partial charge in [-0.1, -0.05) is 22.0 Å². The van der Waals surface area contributed by atoms with Gasteiger partial charge >= 0.3 is 0 Å². The zero-order valence-electron chi connectivity index (χ0n) is 8.88. The van der Waals surface area contributed by atoms with E-state index < -0.39 is 0 Å². The van der Waals surface area contributed by atoms with E-state index in [-0.39, 0.29) is 0 Å². The van der Waals surface area contributed by atoms with Crippen LogP contribution in [0, 0.1) is 0 Å². The first-order chi connectivity index (χ1) is 7.20. The van der Waals surface area contributed by atoms with Gasteiger partial charge in [0.2, 0.25) is 0 Å². The van der Waals surface area contributed by atoms with E-state index in [2.05, 4.69) is 34.2 Å². The summed E-state index contributed by atoms with van der Waals surface area (Å²) in [5, 5.41) is 4.35. The Bertz CT molecular complexity index is 464. The van der Waals surface area contributed by atoms with Gasteiger partial charge in [0.15, 0.2) is 0 Å². The number of likely N-dealkylation sites (N-methyl/N-ethyl adjacent to an activating group) is 1. The second-order valence-electron chi connectivity index (χ2n) is 3.76. The summed E-state index contributed by atoms with van der Waals surface area (Å²) in [7, 11) is 1.96. The minimum absolute atomic E-state index is 0.435. The predicted molar refractivity (Wildman–Crippen MR) is 66.1 cm³/mol. The average molecular weight is 268 g/mol. The largest absolute Gasteiger partial charge is 0.461 e. The van der Waals surface area contributed by atoms with Gasteiger partial charge in [-0.15, -0.1) is 0 Å². The molecular formula is C12H14BrNO. The molecule has 1 aromatic carbocycles. The van der Waals surface area contributed by atoms with Crippen molar-refractivity contribution in [1.82, 2.24) is 5.32 Å². The molecule has 0 radical (unpaired) electrons. The van der Waals surface area contributed by atoms with Crippen LogP contribution in [-0.2, 0) is 6.42 Å². The fourth-order valence-corrected chi connectivity index (χ4v) is 2.04. The van der Waals surface area contributed by atoms with E-state index in [0.29, 0.717) is 6.04 Å². The van der Waals surface area contributed by atoms with Crippen molar-refractivity contribution >= 4 is 26.9 Å². The number of benzene rings is 1. The van der Waals surface area contributed by atoms with Gasteiger partial charge in [-0.05, 0) is 32.2 Å². The molecule has 0 aliphatic rings. The molecule has 0 aliphatic heterocycles. The second-order valence-corrected chi connectivity index (χ2v) is 4.61. The SMILES string of the molecule is CNC(C)Cc1cc2c(Br)cccc2o1. The van der Waals surface area contributed by atoms with Crippen molar-refractivity contribution in [2.24, 2.45) is 0 Å². The van der Waals surface area contributed by atoms with Crippen LogP contribution in [0.15, 0.2) is 33.2 Å². The van der Waals surface area contributed by atoms with Crippen molar-refractivity contribution in [3.8, 4) is 0 Å². The number of hydrogen-bond donors (Lipinski definition) is 1. The van der Waals surface area contributed by atoms with Gasteiger partial charge in [0, 0.05) is 22.3 Å². The number of hydrogen-bond acceptors (Lipinski definition) is 2. The van der Waals surface area contributed by atoms with Gasteiger partial charge in [0.25, 0.3) is 0 Å². The summed E-state index contributed by atoms with van der Waals surface area (Å²) in [5.74, 6) is 1.03. The molecule has 1 N–H and O–H groups in total. The molecule has 1 atom stereocenters. The predicted octanol–water partition coefficient (Wildman–Crippen LogP) is 3.35. The zero-order valence-corrected chi connectivity index (χ0v) is 10.5. The molecule has 0 aliphatic carbocycles. The molecule has 0 spiro atoms. The molecule has 0 fully saturated rings. The maximum atomic E-state index is 5.75. The fourth-order valence-electron chi connectivity index (χ4n) is 1.58. The lowest BCUT2D eigenvalue weighted by Crippen LogP contribution is -2.23. The van der Waals surface area contributed by atoms with Crippen molar-refractivity contribution in [3.05, 3.63) is 34.5 Å². The van der Waals surface area contributed by atoms with Gasteiger partial charge in [-0.3, -0.25) is 0 Å². The first-order valence-corrected chi connectivity index (χ1v) is 5.84. The third kappa shape index (κ3) is 2.24. The van der Waals surface area contributed by atoms with E-state index in [9.17, 15) is 0 Å². The maximum absolute atomic E-state index is 5.75. The third-order valence-corrected chi connectivity index (χ3v) is 3.25. The Balaban J connectivity index is 2.35. The minimum Gasteiger partial charge on any atom is -0.461 e. The summed E-state index contributed by atoms with van der Waals surface area (Å²) in [6.45, 7) is 2.14. The Morgan fingerprint density at radius 1 is 1.47 bits per heavy atom. The van der Waals surface area contributed by atoms with Crippen molar-refractivity contribution in [1.29, 1.82) is 0 Å². The van der Waals surface area contributed by atoms with Crippen molar-refractivity contribution in [3.63, 3.8) is 0 Å². The molecule has 15 heavy (non-hydrogen) atoms. The number of fused-ring (bicyclic) bond motifs is 1. The summed E-state index contributed by atoms with van der Waals surface area (Å²) in [4.78, 5) is 0.